The molecule has 0 bridgehead atoms. The van der Waals surface area contributed by atoms with Gasteiger partial charge in [0.05, 0.1) is 18.2 Å². The zero-order valence-electron chi connectivity index (χ0n) is 27.1. The van der Waals surface area contributed by atoms with E-state index in [2.05, 4.69) is 22.5 Å². The Hall–Kier alpha value is -3.57. The van der Waals surface area contributed by atoms with E-state index in [1.807, 2.05) is 49.3 Å². The van der Waals surface area contributed by atoms with Crippen molar-refractivity contribution in [1.82, 2.24) is 20.4 Å². The van der Waals surface area contributed by atoms with Crippen LogP contribution in [0.2, 0.25) is 0 Å². The number of carbonyl (C=O) groups is 3. The lowest BCUT2D eigenvalue weighted by Gasteiger charge is -2.33. The summed E-state index contributed by atoms with van der Waals surface area (Å²) in [4.78, 5) is 43.4. The Morgan fingerprint density at radius 2 is 1.67 bits per heavy atom. The van der Waals surface area contributed by atoms with E-state index in [1.54, 1.807) is 7.05 Å². The molecular weight excluding hydrogens is 572 g/mol. The minimum atomic E-state index is -1.23. The third-order valence-electron chi connectivity index (χ3n) is 8.22. The van der Waals surface area contributed by atoms with Crippen LogP contribution in [0.1, 0.15) is 69.8 Å². The smallest absolute Gasteiger partial charge is 0.410 e. The van der Waals surface area contributed by atoms with Crippen molar-refractivity contribution in [2.24, 2.45) is 5.92 Å². The van der Waals surface area contributed by atoms with Crippen LogP contribution in [0.25, 0.3) is 0 Å². The second kappa shape index (κ2) is 20.5. The molecule has 1 aromatic carbocycles. The van der Waals surface area contributed by atoms with Gasteiger partial charge in [0, 0.05) is 39.4 Å². The highest BCUT2D eigenvalue weighted by Crippen LogP contribution is 2.29. The van der Waals surface area contributed by atoms with Crippen molar-refractivity contribution >= 4 is 17.9 Å². The molecule has 5 atom stereocenters. The number of hydrogen-bond donors (Lipinski definition) is 4. The maximum Gasteiger partial charge on any atom is 0.410 e. The van der Waals surface area contributed by atoms with Gasteiger partial charge in [-0.3, -0.25) is 9.59 Å². The number of amides is 3. The molecule has 0 spiro atoms. The van der Waals surface area contributed by atoms with E-state index in [9.17, 15) is 24.6 Å². The number of nitrogens with one attached hydrogen (secondary N) is 2. The highest BCUT2D eigenvalue weighted by Gasteiger charge is 2.34. The lowest BCUT2D eigenvalue weighted by atomic mass is 9.82. The molecule has 0 aliphatic heterocycles. The van der Waals surface area contributed by atoms with E-state index in [-0.39, 0.29) is 18.8 Å². The summed E-state index contributed by atoms with van der Waals surface area (Å²) in [6.07, 6.45) is 13.8. The van der Waals surface area contributed by atoms with Crippen LogP contribution in [-0.2, 0) is 20.7 Å². The summed E-state index contributed by atoms with van der Waals surface area (Å²) in [6, 6.07) is 7.23. The molecule has 1 fully saturated rings. The van der Waals surface area contributed by atoms with Crippen molar-refractivity contribution in [3.05, 3.63) is 35.9 Å². The van der Waals surface area contributed by atoms with Crippen LogP contribution in [-0.4, -0.2) is 103 Å². The number of ether oxygens (including phenoxy) is 1. The molecule has 0 radical (unpaired) electrons. The van der Waals surface area contributed by atoms with Crippen LogP contribution in [0.15, 0.2) is 30.3 Å². The van der Waals surface area contributed by atoms with Gasteiger partial charge in [0.2, 0.25) is 5.91 Å². The number of terminal acetylenes is 2. The Bertz CT molecular complexity index is 1130. The fourth-order valence-corrected chi connectivity index (χ4v) is 5.46. The molecule has 10 heteroatoms. The van der Waals surface area contributed by atoms with Gasteiger partial charge in [-0.2, -0.15) is 0 Å². The summed E-state index contributed by atoms with van der Waals surface area (Å²) < 4.78 is 5.65. The van der Waals surface area contributed by atoms with Gasteiger partial charge in [-0.1, -0.05) is 62.4 Å². The van der Waals surface area contributed by atoms with Crippen molar-refractivity contribution in [2.75, 3.05) is 34.2 Å². The summed E-state index contributed by atoms with van der Waals surface area (Å²) in [5, 5.41) is 27.4. The van der Waals surface area contributed by atoms with Crippen LogP contribution in [0.4, 0.5) is 4.79 Å². The van der Waals surface area contributed by atoms with Gasteiger partial charge in [0.1, 0.15) is 6.04 Å². The summed E-state index contributed by atoms with van der Waals surface area (Å²) in [6.45, 7) is 1.00. The van der Waals surface area contributed by atoms with Crippen LogP contribution in [0.3, 0.4) is 0 Å². The summed E-state index contributed by atoms with van der Waals surface area (Å²) in [5.41, 5.74) is 0.772. The number of rotatable bonds is 18. The first-order valence-corrected chi connectivity index (χ1v) is 16.0. The number of benzene rings is 1. The monoisotopic (exact) mass is 624 g/mol. The van der Waals surface area contributed by atoms with Gasteiger partial charge < -0.3 is 35.4 Å². The molecule has 0 heterocycles. The van der Waals surface area contributed by atoms with Crippen LogP contribution >= 0.6 is 0 Å². The van der Waals surface area contributed by atoms with Crippen LogP contribution in [0, 0.1) is 30.6 Å². The molecule has 0 aromatic heterocycles. The van der Waals surface area contributed by atoms with Gasteiger partial charge in [-0.25, -0.2) is 4.79 Å². The Morgan fingerprint density at radius 1 is 0.978 bits per heavy atom. The number of carbonyl (C=O) groups excluding carboxylic acids is 3. The third kappa shape index (κ3) is 13.9. The van der Waals surface area contributed by atoms with Crippen LogP contribution in [0.5, 0.6) is 0 Å². The maximum atomic E-state index is 13.6. The summed E-state index contributed by atoms with van der Waals surface area (Å²) in [5.74, 6) is 4.02. The number of nitrogens with zero attached hydrogens (tertiary/aromatic N) is 2. The first-order chi connectivity index (χ1) is 21.5. The summed E-state index contributed by atoms with van der Waals surface area (Å²) >= 11 is 0. The van der Waals surface area contributed by atoms with Crippen molar-refractivity contribution in [3.8, 4) is 24.7 Å². The Balaban J connectivity index is 2.20. The second-order valence-corrected chi connectivity index (χ2v) is 12.3. The van der Waals surface area contributed by atoms with E-state index < -0.39 is 48.3 Å². The van der Waals surface area contributed by atoms with E-state index in [0.717, 1.165) is 37.7 Å². The van der Waals surface area contributed by atoms with E-state index in [0.29, 0.717) is 38.8 Å². The quantitative estimate of drug-likeness (QED) is 0.146. The van der Waals surface area contributed by atoms with Gasteiger partial charge in [0.15, 0.2) is 6.10 Å². The largest absolute Gasteiger partial charge is 0.436 e. The lowest BCUT2D eigenvalue weighted by molar-refractivity contribution is -0.135. The number of hydrogen-bond acceptors (Lipinski definition) is 7. The predicted molar refractivity (Wildman–Crippen MR) is 175 cm³/mol. The molecule has 1 aliphatic rings. The molecule has 4 N–H and O–H groups in total. The molecule has 0 saturated heterocycles. The molecule has 3 unspecified atom stereocenters. The first kappa shape index (κ1) is 37.6. The minimum Gasteiger partial charge on any atom is -0.436 e. The van der Waals surface area contributed by atoms with E-state index in [4.69, 9.17) is 17.6 Å². The van der Waals surface area contributed by atoms with Gasteiger partial charge in [0.25, 0.3) is 5.91 Å². The second-order valence-electron chi connectivity index (χ2n) is 12.3. The molecule has 248 valence electrons. The molecule has 45 heavy (non-hydrogen) atoms. The SMILES string of the molecule is C#CCCCC(O)[C@H](O)C(CC1CCCCC1)NC(=O)[C@H](CC#C)NC(=O)C(Cc1ccccc1)OC(=O)N(C)CCN(C)C. The van der Waals surface area contributed by atoms with Crippen molar-refractivity contribution < 1.29 is 29.3 Å². The van der Waals surface area contributed by atoms with E-state index in [1.165, 1.54) is 4.90 Å². The van der Waals surface area contributed by atoms with Crippen molar-refractivity contribution in [1.29, 1.82) is 0 Å². The van der Waals surface area contributed by atoms with Crippen molar-refractivity contribution in [2.45, 2.75) is 101 Å². The predicted octanol–water partition coefficient (Wildman–Crippen LogP) is 2.72. The fourth-order valence-electron chi connectivity index (χ4n) is 5.46. The number of unbranched alkanes of at least 4 members (excludes halogenated alkanes) is 1. The number of likely N-dealkylation sites (N-methyl/N-ethyl adjacent to an activating group) is 2. The lowest BCUT2D eigenvalue weighted by Crippen LogP contribution is -2.56. The van der Waals surface area contributed by atoms with Crippen LogP contribution < -0.4 is 10.6 Å². The van der Waals surface area contributed by atoms with E-state index >= 15 is 0 Å². The van der Waals surface area contributed by atoms with Gasteiger partial charge >= 0.3 is 6.09 Å². The first-order valence-electron chi connectivity index (χ1n) is 16.0. The topological polar surface area (TPSA) is 131 Å². The molecule has 10 nitrogen and oxygen atoms in total. The molecular formula is C35H52N4O6. The Morgan fingerprint density at radius 3 is 2.29 bits per heavy atom. The summed E-state index contributed by atoms with van der Waals surface area (Å²) in [7, 11) is 5.37. The third-order valence-corrected chi connectivity index (χ3v) is 8.22. The average molecular weight is 625 g/mol. The number of aliphatic hydroxyl groups excluding tert-OH is 2. The molecule has 1 saturated carbocycles. The zero-order valence-corrected chi connectivity index (χ0v) is 27.1. The zero-order chi connectivity index (χ0) is 33.2. The highest BCUT2D eigenvalue weighted by molar-refractivity contribution is 5.90. The normalized spacial score (nSPS) is 16.7. The number of aliphatic hydroxyl groups is 2. The highest BCUT2D eigenvalue weighted by atomic mass is 16.6. The maximum absolute atomic E-state index is 13.6. The fraction of sp³-hybridized carbons (Fsp3) is 0.629. The standard InChI is InChI=1S/C35H52N4O6/c1-6-8-11-21-30(40)32(41)29(24-26-17-12-9-13-18-26)37-33(42)28(16-7-2)36-34(43)31(25-27-19-14-10-15-20-27)45-35(44)39(5)23-22-38(3)4/h1-2,10,14-15,19-20,26,28-32,40-41H,8-9,11-13,16-18,21-25H2,3-5H3,(H,36,43)(H,37,42)/t28-,29?,30?,31?,32+/m0/s1. The van der Waals surface area contributed by atoms with Crippen molar-refractivity contribution in [3.63, 3.8) is 0 Å². The molecule has 1 aliphatic carbocycles. The Labute approximate surface area is 269 Å². The molecule has 3 amide bonds. The van der Waals surface area contributed by atoms with Gasteiger partial charge in [-0.15, -0.1) is 24.7 Å². The average Bonchev–Trinajstić information content (AvgIpc) is 3.03. The van der Waals surface area contributed by atoms with Gasteiger partial charge in [-0.05, 0) is 44.8 Å². The Kier molecular flexibility index (Phi) is 17.1. The minimum absolute atomic E-state index is 0.0944. The molecule has 2 rings (SSSR count). The molecule has 1 aromatic rings.